The van der Waals surface area contributed by atoms with E-state index in [0.29, 0.717) is 18.1 Å². The molecule has 2 rings (SSSR count). The Labute approximate surface area is 132 Å². The van der Waals surface area contributed by atoms with Crippen LogP contribution < -0.4 is 10.1 Å². The highest BCUT2D eigenvalue weighted by molar-refractivity contribution is 6.19. The summed E-state index contributed by atoms with van der Waals surface area (Å²) in [6.45, 7) is 4.82. The summed E-state index contributed by atoms with van der Waals surface area (Å²) in [5.41, 5.74) is 0.408. The predicted molar refractivity (Wildman–Crippen MR) is 86.2 cm³/mol. The van der Waals surface area contributed by atoms with Crippen LogP contribution in [-0.4, -0.2) is 23.9 Å². The van der Waals surface area contributed by atoms with Gasteiger partial charge >= 0.3 is 0 Å². The van der Waals surface area contributed by atoms with Gasteiger partial charge in [0, 0.05) is 11.4 Å². The van der Waals surface area contributed by atoms with Gasteiger partial charge in [-0.15, -0.1) is 11.6 Å². The van der Waals surface area contributed by atoms with Gasteiger partial charge in [-0.3, -0.25) is 4.79 Å². The highest BCUT2D eigenvalue weighted by Crippen LogP contribution is 2.33. The van der Waals surface area contributed by atoms with Gasteiger partial charge < -0.3 is 10.1 Å². The highest BCUT2D eigenvalue weighted by Gasteiger charge is 2.34. The molecule has 1 aliphatic carbocycles. The van der Waals surface area contributed by atoms with E-state index in [1.165, 1.54) is 0 Å². The van der Waals surface area contributed by atoms with E-state index in [-0.39, 0.29) is 11.4 Å². The van der Waals surface area contributed by atoms with Gasteiger partial charge in [0.1, 0.15) is 5.75 Å². The Kier molecular flexibility index (Phi) is 5.51. The molecule has 0 aromatic heterocycles. The highest BCUT2D eigenvalue weighted by atomic mass is 35.5. The molecule has 0 unspecified atom stereocenters. The Morgan fingerprint density at radius 1 is 1.33 bits per heavy atom. The summed E-state index contributed by atoms with van der Waals surface area (Å²) >= 11 is 6.15. The second kappa shape index (κ2) is 7.17. The summed E-state index contributed by atoms with van der Waals surface area (Å²) in [5, 5.41) is 3.16. The fourth-order valence-electron chi connectivity index (χ4n) is 2.79. The molecule has 1 aliphatic rings. The van der Waals surface area contributed by atoms with E-state index in [0.717, 1.165) is 37.4 Å². The van der Waals surface area contributed by atoms with Crippen molar-refractivity contribution in [3.8, 4) is 5.75 Å². The first-order valence-corrected chi connectivity index (χ1v) is 8.23. The average molecular weight is 310 g/mol. The van der Waals surface area contributed by atoms with E-state index < -0.39 is 0 Å². The first kappa shape index (κ1) is 16.2. The zero-order chi connectivity index (χ0) is 15.3. The van der Waals surface area contributed by atoms with Crippen LogP contribution in [0.2, 0.25) is 0 Å². The maximum Gasteiger partial charge on any atom is 0.251 e. The molecule has 0 radical (unpaired) electrons. The van der Waals surface area contributed by atoms with E-state index in [4.69, 9.17) is 16.3 Å². The third-order valence-electron chi connectivity index (χ3n) is 4.29. The standard InChI is InChI=1S/C17H24ClNO2/c1-3-21-15-6-4-14(5-7-15)16(20)19-17(12-18)10-8-13(2)9-11-17/h4-7,13H,3,8-12H2,1-2H3,(H,19,20). The minimum Gasteiger partial charge on any atom is -0.494 e. The fraction of sp³-hybridized carbons (Fsp3) is 0.588. The first-order chi connectivity index (χ1) is 10.1. The number of benzene rings is 1. The van der Waals surface area contributed by atoms with Gasteiger partial charge in [0.2, 0.25) is 0 Å². The number of halogens is 1. The molecule has 0 bridgehead atoms. The molecule has 0 spiro atoms. The van der Waals surface area contributed by atoms with Crippen molar-refractivity contribution in [2.45, 2.75) is 45.1 Å². The van der Waals surface area contributed by atoms with E-state index in [1.807, 2.05) is 19.1 Å². The molecule has 116 valence electrons. The number of hydrogen-bond acceptors (Lipinski definition) is 2. The molecule has 1 N–H and O–H groups in total. The Balaban J connectivity index is 2.02. The van der Waals surface area contributed by atoms with Crippen molar-refractivity contribution >= 4 is 17.5 Å². The van der Waals surface area contributed by atoms with Crippen molar-refractivity contribution in [3.05, 3.63) is 29.8 Å². The SMILES string of the molecule is CCOc1ccc(C(=O)NC2(CCl)CCC(C)CC2)cc1. The van der Waals surface area contributed by atoms with Crippen LogP contribution in [0.15, 0.2) is 24.3 Å². The number of ether oxygens (including phenoxy) is 1. The number of carbonyl (C=O) groups excluding carboxylic acids is 1. The number of amides is 1. The van der Waals surface area contributed by atoms with Crippen LogP contribution >= 0.6 is 11.6 Å². The molecule has 1 amide bonds. The van der Waals surface area contributed by atoms with Crippen molar-refractivity contribution in [2.75, 3.05) is 12.5 Å². The third kappa shape index (κ3) is 4.13. The van der Waals surface area contributed by atoms with Crippen LogP contribution in [0.5, 0.6) is 5.75 Å². The summed E-state index contributed by atoms with van der Waals surface area (Å²) in [4.78, 5) is 12.4. The topological polar surface area (TPSA) is 38.3 Å². The average Bonchev–Trinajstić information content (AvgIpc) is 2.51. The summed E-state index contributed by atoms with van der Waals surface area (Å²) in [5.74, 6) is 1.94. The molecule has 0 saturated heterocycles. The number of alkyl halides is 1. The Bertz CT molecular complexity index is 464. The second-order valence-electron chi connectivity index (χ2n) is 6.01. The quantitative estimate of drug-likeness (QED) is 0.835. The maximum atomic E-state index is 12.4. The van der Waals surface area contributed by atoms with Crippen LogP contribution in [-0.2, 0) is 0 Å². The lowest BCUT2D eigenvalue weighted by Gasteiger charge is -2.38. The minimum absolute atomic E-state index is 0.0479. The summed E-state index contributed by atoms with van der Waals surface area (Å²) in [6.07, 6.45) is 4.16. The van der Waals surface area contributed by atoms with Gasteiger partial charge in [0.25, 0.3) is 5.91 Å². The van der Waals surface area contributed by atoms with E-state index in [2.05, 4.69) is 12.2 Å². The Morgan fingerprint density at radius 2 is 1.95 bits per heavy atom. The van der Waals surface area contributed by atoms with Gasteiger partial charge in [0.15, 0.2) is 0 Å². The molecule has 1 aromatic rings. The number of carbonyl (C=O) groups is 1. The Hall–Kier alpha value is -1.22. The lowest BCUT2D eigenvalue weighted by molar-refractivity contribution is 0.0872. The minimum atomic E-state index is -0.246. The number of hydrogen-bond donors (Lipinski definition) is 1. The zero-order valence-corrected chi connectivity index (χ0v) is 13.6. The van der Waals surface area contributed by atoms with Gasteiger partial charge in [-0.1, -0.05) is 6.92 Å². The maximum absolute atomic E-state index is 12.4. The number of rotatable bonds is 5. The monoisotopic (exact) mass is 309 g/mol. The predicted octanol–water partition coefficient (Wildman–Crippen LogP) is 4.00. The van der Waals surface area contributed by atoms with Crippen LogP contribution in [0.1, 0.15) is 49.9 Å². The zero-order valence-electron chi connectivity index (χ0n) is 12.8. The van der Waals surface area contributed by atoms with Gasteiger partial charge in [-0.05, 0) is 62.8 Å². The summed E-state index contributed by atoms with van der Waals surface area (Å²) in [7, 11) is 0. The Morgan fingerprint density at radius 3 is 2.48 bits per heavy atom. The van der Waals surface area contributed by atoms with Crippen LogP contribution in [0, 0.1) is 5.92 Å². The lowest BCUT2D eigenvalue weighted by atomic mass is 9.78. The molecule has 1 fully saturated rings. The molecule has 4 heteroatoms. The smallest absolute Gasteiger partial charge is 0.251 e. The van der Waals surface area contributed by atoms with Crippen molar-refractivity contribution in [2.24, 2.45) is 5.92 Å². The lowest BCUT2D eigenvalue weighted by Crippen LogP contribution is -2.52. The summed E-state index contributed by atoms with van der Waals surface area (Å²) < 4.78 is 5.39. The van der Waals surface area contributed by atoms with Crippen molar-refractivity contribution < 1.29 is 9.53 Å². The molecule has 0 heterocycles. The molecular weight excluding hydrogens is 286 g/mol. The normalized spacial score (nSPS) is 25.4. The molecule has 1 saturated carbocycles. The molecule has 0 aliphatic heterocycles. The number of nitrogens with one attached hydrogen (secondary N) is 1. The van der Waals surface area contributed by atoms with Crippen LogP contribution in [0.3, 0.4) is 0 Å². The molecule has 1 aromatic carbocycles. The van der Waals surface area contributed by atoms with E-state index in [9.17, 15) is 4.79 Å². The molecule has 3 nitrogen and oxygen atoms in total. The molecular formula is C17H24ClNO2. The molecule has 21 heavy (non-hydrogen) atoms. The summed E-state index contributed by atoms with van der Waals surface area (Å²) in [6, 6.07) is 7.25. The largest absolute Gasteiger partial charge is 0.494 e. The second-order valence-corrected chi connectivity index (χ2v) is 6.28. The van der Waals surface area contributed by atoms with Gasteiger partial charge in [-0.2, -0.15) is 0 Å². The fourth-order valence-corrected chi connectivity index (χ4v) is 3.12. The van der Waals surface area contributed by atoms with Crippen LogP contribution in [0.25, 0.3) is 0 Å². The third-order valence-corrected chi connectivity index (χ3v) is 4.80. The van der Waals surface area contributed by atoms with Gasteiger partial charge in [0.05, 0.1) is 12.1 Å². The van der Waals surface area contributed by atoms with Crippen molar-refractivity contribution in [1.29, 1.82) is 0 Å². The van der Waals surface area contributed by atoms with Crippen molar-refractivity contribution in [1.82, 2.24) is 5.32 Å². The first-order valence-electron chi connectivity index (χ1n) is 7.70. The van der Waals surface area contributed by atoms with Crippen molar-refractivity contribution in [3.63, 3.8) is 0 Å². The van der Waals surface area contributed by atoms with E-state index >= 15 is 0 Å². The van der Waals surface area contributed by atoms with Crippen LogP contribution in [0.4, 0.5) is 0 Å². The van der Waals surface area contributed by atoms with Gasteiger partial charge in [-0.25, -0.2) is 0 Å². The molecule has 0 atom stereocenters. The van der Waals surface area contributed by atoms with E-state index in [1.54, 1.807) is 12.1 Å².